The molecule has 1 aliphatic rings. The minimum absolute atomic E-state index is 0. The number of aromatic nitrogens is 4. The van der Waals surface area contributed by atoms with Crippen LogP contribution in [0.15, 0.2) is 35.1 Å². The highest BCUT2D eigenvalue weighted by Crippen LogP contribution is 2.29. The number of hydrogen-bond donors (Lipinski definition) is 1. The number of thiazole rings is 1. The Labute approximate surface area is 155 Å². The van der Waals surface area contributed by atoms with Crippen LogP contribution in [0, 0.1) is 0 Å². The number of nitrogens with two attached hydrogens (primary N) is 1. The number of halogens is 1. The van der Waals surface area contributed by atoms with Crippen molar-refractivity contribution in [2.75, 3.05) is 18.8 Å². The van der Waals surface area contributed by atoms with Crippen molar-refractivity contribution in [2.24, 2.45) is 0 Å². The third kappa shape index (κ3) is 4.15. The van der Waals surface area contributed by atoms with Gasteiger partial charge in [0.2, 0.25) is 11.7 Å². The van der Waals surface area contributed by atoms with E-state index in [2.05, 4.69) is 25.0 Å². The smallest absolute Gasteiger partial charge is 0.230 e. The molecule has 1 saturated heterocycles. The standard InChI is InChI=1S/C16H18N6OS.ClH/c17-16-19-9-12(24-16)10-22-7-4-11(5-8-22)15-20-14(21-23-15)13-3-1-2-6-18-13;/h1-3,6,9,11H,4-5,7-8,10H2,(H2,17,19);1H. The predicted octanol–water partition coefficient (Wildman–Crippen LogP) is 2.97. The number of piperidine rings is 1. The first-order valence-electron chi connectivity index (χ1n) is 7.95. The molecule has 7 nitrogen and oxygen atoms in total. The summed E-state index contributed by atoms with van der Waals surface area (Å²) < 4.78 is 5.47. The minimum atomic E-state index is 0. The van der Waals surface area contributed by atoms with Gasteiger partial charge in [-0.25, -0.2) is 4.98 Å². The fourth-order valence-electron chi connectivity index (χ4n) is 2.95. The Morgan fingerprint density at radius 1 is 1.24 bits per heavy atom. The Balaban J connectivity index is 0.00000182. The fourth-order valence-corrected chi connectivity index (χ4v) is 3.68. The van der Waals surface area contributed by atoms with Crippen LogP contribution in [-0.2, 0) is 6.54 Å². The van der Waals surface area contributed by atoms with Crippen LogP contribution in [-0.4, -0.2) is 38.1 Å². The van der Waals surface area contributed by atoms with Crippen LogP contribution < -0.4 is 5.73 Å². The normalized spacial score (nSPS) is 15.8. The average molecular weight is 379 g/mol. The van der Waals surface area contributed by atoms with E-state index < -0.39 is 0 Å². The van der Waals surface area contributed by atoms with Gasteiger partial charge >= 0.3 is 0 Å². The molecule has 0 aliphatic carbocycles. The molecule has 0 aromatic carbocycles. The maximum Gasteiger partial charge on any atom is 0.230 e. The molecule has 0 saturated carbocycles. The molecule has 0 atom stereocenters. The van der Waals surface area contributed by atoms with Crippen LogP contribution in [0.1, 0.15) is 29.5 Å². The van der Waals surface area contributed by atoms with Crippen molar-refractivity contribution in [1.29, 1.82) is 0 Å². The number of anilines is 1. The second kappa shape index (κ2) is 7.90. The molecule has 4 heterocycles. The summed E-state index contributed by atoms with van der Waals surface area (Å²) in [4.78, 5) is 16.5. The lowest BCUT2D eigenvalue weighted by molar-refractivity contribution is 0.189. The highest BCUT2D eigenvalue weighted by molar-refractivity contribution is 7.15. The summed E-state index contributed by atoms with van der Waals surface area (Å²) >= 11 is 1.56. The molecule has 25 heavy (non-hydrogen) atoms. The van der Waals surface area contributed by atoms with Gasteiger partial charge in [0, 0.05) is 29.7 Å². The first kappa shape index (κ1) is 17.8. The molecule has 1 fully saturated rings. The predicted molar refractivity (Wildman–Crippen MR) is 98.6 cm³/mol. The maximum atomic E-state index is 5.69. The van der Waals surface area contributed by atoms with Gasteiger partial charge in [-0.15, -0.1) is 23.7 Å². The van der Waals surface area contributed by atoms with E-state index in [0.29, 0.717) is 16.9 Å². The van der Waals surface area contributed by atoms with E-state index in [4.69, 9.17) is 10.3 Å². The lowest BCUT2D eigenvalue weighted by Gasteiger charge is -2.29. The summed E-state index contributed by atoms with van der Waals surface area (Å²) in [5, 5.41) is 4.70. The van der Waals surface area contributed by atoms with Gasteiger partial charge in [-0.2, -0.15) is 4.98 Å². The molecular formula is C16H19ClN6OS. The van der Waals surface area contributed by atoms with Gasteiger partial charge in [0.1, 0.15) is 5.69 Å². The van der Waals surface area contributed by atoms with Gasteiger partial charge in [-0.3, -0.25) is 9.88 Å². The van der Waals surface area contributed by atoms with Gasteiger partial charge in [-0.05, 0) is 38.1 Å². The second-order valence-electron chi connectivity index (χ2n) is 5.89. The molecule has 1 aliphatic heterocycles. The van der Waals surface area contributed by atoms with Crippen molar-refractivity contribution in [3.63, 3.8) is 0 Å². The highest BCUT2D eigenvalue weighted by atomic mass is 35.5. The molecule has 0 bridgehead atoms. The van der Waals surface area contributed by atoms with E-state index >= 15 is 0 Å². The minimum Gasteiger partial charge on any atom is -0.375 e. The average Bonchev–Trinajstić information content (AvgIpc) is 3.26. The number of rotatable bonds is 4. The van der Waals surface area contributed by atoms with Crippen molar-refractivity contribution in [1.82, 2.24) is 25.0 Å². The molecule has 9 heteroatoms. The zero-order valence-electron chi connectivity index (χ0n) is 13.5. The molecule has 0 spiro atoms. The Hall–Kier alpha value is -2.03. The third-order valence-corrected chi connectivity index (χ3v) is 5.03. The molecule has 3 aromatic rings. The summed E-state index contributed by atoms with van der Waals surface area (Å²) in [6, 6.07) is 5.68. The number of nitrogen functional groups attached to an aromatic ring is 1. The molecular weight excluding hydrogens is 360 g/mol. The first-order chi connectivity index (χ1) is 11.8. The molecule has 132 valence electrons. The van der Waals surface area contributed by atoms with Crippen LogP contribution in [0.4, 0.5) is 5.13 Å². The Kier molecular flexibility index (Phi) is 5.62. The van der Waals surface area contributed by atoms with Crippen LogP contribution in [0.5, 0.6) is 0 Å². The van der Waals surface area contributed by atoms with Crippen molar-refractivity contribution < 1.29 is 4.52 Å². The Bertz CT molecular complexity index is 800. The number of likely N-dealkylation sites (tertiary alicyclic amines) is 1. The molecule has 3 aromatic heterocycles. The number of pyridine rings is 1. The summed E-state index contributed by atoms with van der Waals surface area (Å²) in [6.45, 7) is 2.91. The first-order valence-corrected chi connectivity index (χ1v) is 8.77. The van der Waals surface area contributed by atoms with Crippen LogP contribution in [0.2, 0.25) is 0 Å². The van der Waals surface area contributed by atoms with Crippen LogP contribution in [0.25, 0.3) is 11.5 Å². The zero-order chi connectivity index (χ0) is 16.4. The Morgan fingerprint density at radius 2 is 2.08 bits per heavy atom. The topological polar surface area (TPSA) is 94.0 Å². The molecule has 0 radical (unpaired) electrons. The van der Waals surface area contributed by atoms with Gasteiger partial charge in [0.15, 0.2) is 5.13 Å². The third-order valence-electron chi connectivity index (χ3n) is 4.22. The van der Waals surface area contributed by atoms with Gasteiger partial charge in [0.05, 0.1) is 0 Å². The van der Waals surface area contributed by atoms with Crippen LogP contribution in [0.3, 0.4) is 0 Å². The lowest BCUT2D eigenvalue weighted by Crippen LogP contribution is -2.32. The van der Waals surface area contributed by atoms with E-state index in [1.54, 1.807) is 17.5 Å². The monoisotopic (exact) mass is 378 g/mol. The largest absolute Gasteiger partial charge is 0.375 e. The summed E-state index contributed by atoms with van der Waals surface area (Å²) in [6.07, 6.45) is 5.62. The van der Waals surface area contributed by atoms with Gasteiger partial charge < -0.3 is 10.3 Å². The Morgan fingerprint density at radius 3 is 2.76 bits per heavy atom. The zero-order valence-corrected chi connectivity index (χ0v) is 15.2. The van der Waals surface area contributed by atoms with E-state index in [-0.39, 0.29) is 12.4 Å². The SMILES string of the molecule is Cl.Nc1ncc(CN2CCC(c3nc(-c4ccccn4)no3)CC2)s1. The van der Waals surface area contributed by atoms with E-state index in [0.717, 1.165) is 44.1 Å². The van der Waals surface area contributed by atoms with E-state index in [1.165, 1.54) is 4.88 Å². The number of nitrogens with zero attached hydrogens (tertiary/aromatic N) is 5. The van der Waals surface area contributed by atoms with Gasteiger partial charge in [0.25, 0.3) is 0 Å². The molecule has 2 N–H and O–H groups in total. The second-order valence-corrected chi connectivity index (χ2v) is 7.03. The molecule has 0 unspecified atom stereocenters. The summed E-state index contributed by atoms with van der Waals surface area (Å²) in [7, 11) is 0. The van der Waals surface area contributed by atoms with Crippen LogP contribution >= 0.6 is 23.7 Å². The van der Waals surface area contributed by atoms with Crippen molar-refractivity contribution in [2.45, 2.75) is 25.3 Å². The van der Waals surface area contributed by atoms with Crippen molar-refractivity contribution >= 4 is 28.9 Å². The summed E-state index contributed by atoms with van der Waals surface area (Å²) in [5.41, 5.74) is 6.43. The molecule has 0 amide bonds. The van der Waals surface area contributed by atoms with Crippen molar-refractivity contribution in [3.8, 4) is 11.5 Å². The fraction of sp³-hybridized carbons (Fsp3) is 0.375. The highest BCUT2D eigenvalue weighted by Gasteiger charge is 2.25. The van der Waals surface area contributed by atoms with E-state index in [9.17, 15) is 0 Å². The number of hydrogen-bond acceptors (Lipinski definition) is 8. The van der Waals surface area contributed by atoms with E-state index in [1.807, 2.05) is 24.4 Å². The maximum absolute atomic E-state index is 5.69. The molecule has 4 rings (SSSR count). The lowest BCUT2D eigenvalue weighted by atomic mass is 9.97. The summed E-state index contributed by atoms with van der Waals surface area (Å²) in [5.74, 6) is 1.60. The van der Waals surface area contributed by atoms with Gasteiger partial charge in [-0.1, -0.05) is 11.2 Å². The quantitative estimate of drug-likeness (QED) is 0.745. The van der Waals surface area contributed by atoms with Crippen molar-refractivity contribution in [3.05, 3.63) is 41.4 Å².